The number of anilines is 2. The molecular formula is C15H26N4. The minimum absolute atomic E-state index is 0.611. The molecule has 0 bridgehead atoms. The van der Waals surface area contributed by atoms with E-state index in [1.165, 1.54) is 25.7 Å². The molecule has 2 unspecified atom stereocenters. The largest absolute Gasteiger partial charge is 0.369 e. The molecule has 1 aliphatic carbocycles. The Morgan fingerprint density at radius 2 is 2.21 bits per heavy atom. The monoisotopic (exact) mass is 262 g/mol. The summed E-state index contributed by atoms with van der Waals surface area (Å²) in [5, 5.41) is 3.30. The Morgan fingerprint density at radius 3 is 2.95 bits per heavy atom. The number of nitrogens with zero attached hydrogens (tertiary/aromatic N) is 3. The first-order chi connectivity index (χ1) is 9.20. The molecule has 1 aromatic rings. The van der Waals surface area contributed by atoms with Crippen molar-refractivity contribution in [2.24, 2.45) is 5.92 Å². The highest BCUT2D eigenvalue weighted by atomic mass is 15.2. The van der Waals surface area contributed by atoms with E-state index in [0.29, 0.717) is 6.04 Å². The van der Waals surface area contributed by atoms with Crippen LogP contribution in [0.3, 0.4) is 0 Å². The average molecular weight is 262 g/mol. The first-order valence-corrected chi connectivity index (χ1v) is 7.49. The number of nitrogens with one attached hydrogen (secondary N) is 1. The van der Waals surface area contributed by atoms with Gasteiger partial charge in [0.2, 0.25) is 0 Å². The van der Waals surface area contributed by atoms with Gasteiger partial charge in [-0.05, 0) is 25.2 Å². The fourth-order valence-electron chi connectivity index (χ4n) is 2.80. The van der Waals surface area contributed by atoms with Gasteiger partial charge in [-0.1, -0.05) is 26.7 Å². The lowest BCUT2D eigenvalue weighted by Crippen LogP contribution is -2.36. The summed E-state index contributed by atoms with van der Waals surface area (Å²) in [6, 6.07) is 0.611. The van der Waals surface area contributed by atoms with Gasteiger partial charge in [-0.25, -0.2) is 4.98 Å². The van der Waals surface area contributed by atoms with Gasteiger partial charge in [0.1, 0.15) is 11.6 Å². The Balaban J connectivity index is 2.03. The molecule has 0 aromatic carbocycles. The van der Waals surface area contributed by atoms with Crippen LogP contribution in [0.15, 0.2) is 12.4 Å². The fourth-order valence-corrected chi connectivity index (χ4v) is 2.80. The summed E-state index contributed by atoms with van der Waals surface area (Å²) in [6.07, 6.45) is 10.0. The van der Waals surface area contributed by atoms with E-state index in [2.05, 4.69) is 41.1 Å². The Kier molecular flexibility index (Phi) is 5.00. The van der Waals surface area contributed by atoms with Crippen LogP contribution >= 0.6 is 0 Å². The number of hydrogen-bond donors (Lipinski definition) is 1. The van der Waals surface area contributed by atoms with Gasteiger partial charge in [-0.15, -0.1) is 0 Å². The molecule has 1 aliphatic rings. The molecule has 0 radical (unpaired) electrons. The number of rotatable bonds is 5. The number of aromatic nitrogens is 2. The predicted molar refractivity (Wildman–Crippen MR) is 80.6 cm³/mol. The van der Waals surface area contributed by atoms with E-state index in [9.17, 15) is 0 Å². The van der Waals surface area contributed by atoms with Crippen molar-refractivity contribution in [2.75, 3.05) is 23.8 Å². The molecule has 0 amide bonds. The maximum atomic E-state index is 4.66. The maximum absolute atomic E-state index is 4.66. The van der Waals surface area contributed by atoms with Gasteiger partial charge in [-0.3, -0.25) is 4.98 Å². The predicted octanol–water partition coefficient (Wildman–Crippen LogP) is 3.31. The Morgan fingerprint density at radius 1 is 1.37 bits per heavy atom. The second kappa shape index (κ2) is 6.73. The average Bonchev–Trinajstić information content (AvgIpc) is 2.44. The van der Waals surface area contributed by atoms with E-state index in [-0.39, 0.29) is 0 Å². The molecule has 2 rings (SSSR count). The van der Waals surface area contributed by atoms with E-state index >= 15 is 0 Å². The topological polar surface area (TPSA) is 41.1 Å². The van der Waals surface area contributed by atoms with Crippen LogP contribution in [0.4, 0.5) is 11.6 Å². The lowest BCUT2D eigenvalue weighted by Gasteiger charge is -2.34. The van der Waals surface area contributed by atoms with Crippen molar-refractivity contribution in [3.8, 4) is 0 Å². The summed E-state index contributed by atoms with van der Waals surface area (Å²) >= 11 is 0. The van der Waals surface area contributed by atoms with Crippen LogP contribution in [-0.2, 0) is 0 Å². The molecule has 106 valence electrons. The van der Waals surface area contributed by atoms with Crippen molar-refractivity contribution in [2.45, 2.75) is 52.0 Å². The molecular weight excluding hydrogens is 236 g/mol. The normalized spacial score (nSPS) is 23.1. The molecule has 1 fully saturated rings. The fraction of sp³-hybridized carbons (Fsp3) is 0.733. The smallest absolute Gasteiger partial charge is 0.149 e. The van der Waals surface area contributed by atoms with Crippen molar-refractivity contribution in [3.05, 3.63) is 12.4 Å². The second-order valence-corrected chi connectivity index (χ2v) is 5.73. The van der Waals surface area contributed by atoms with Crippen molar-refractivity contribution in [1.29, 1.82) is 0 Å². The summed E-state index contributed by atoms with van der Waals surface area (Å²) in [5.41, 5.74) is 0. The first kappa shape index (κ1) is 14.1. The molecule has 1 heterocycles. The van der Waals surface area contributed by atoms with Gasteiger partial charge in [0.25, 0.3) is 0 Å². The van der Waals surface area contributed by atoms with Crippen molar-refractivity contribution in [1.82, 2.24) is 9.97 Å². The summed E-state index contributed by atoms with van der Waals surface area (Å²) < 4.78 is 0. The third-order valence-corrected chi connectivity index (χ3v) is 4.00. The van der Waals surface area contributed by atoms with Gasteiger partial charge in [0.15, 0.2) is 0 Å². The summed E-state index contributed by atoms with van der Waals surface area (Å²) in [7, 11) is 2.15. The van der Waals surface area contributed by atoms with E-state index in [1.807, 2.05) is 6.20 Å². The lowest BCUT2D eigenvalue weighted by atomic mass is 9.86. The van der Waals surface area contributed by atoms with E-state index in [1.54, 1.807) is 6.20 Å². The minimum atomic E-state index is 0.611. The Bertz CT molecular complexity index is 393. The lowest BCUT2D eigenvalue weighted by molar-refractivity contribution is 0.335. The molecule has 4 heteroatoms. The molecule has 0 spiro atoms. The van der Waals surface area contributed by atoms with Crippen LogP contribution in [0.25, 0.3) is 0 Å². The summed E-state index contributed by atoms with van der Waals surface area (Å²) in [5.74, 6) is 2.70. The Labute approximate surface area is 116 Å². The van der Waals surface area contributed by atoms with Gasteiger partial charge < -0.3 is 10.2 Å². The maximum Gasteiger partial charge on any atom is 0.149 e. The van der Waals surface area contributed by atoms with Gasteiger partial charge in [0.05, 0.1) is 12.4 Å². The SMILES string of the molecule is CCCNc1cncc(N(C)C2CCCC(C)C2)n1. The highest BCUT2D eigenvalue weighted by Crippen LogP contribution is 2.28. The number of hydrogen-bond acceptors (Lipinski definition) is 4. The van der Waals surface area contributed by atoms with Crippen LogP contribution in [0.1, 0.15) is 46.0 Å². The second-order valence-electron chi connectivity index (χ2n) is 5.73. The molecule has 4 nitrogen and oxygen atoms in total. The van der Waals surface area contributed by atoms with Gasteiger partial charge in [0, 0.05) is 19.6 Å². The van der Waals surface area contributed by atoms with Crippen molar-refractivity contribution >= 4 is 11.6 Å². The van der Waals surface area contributed by atoms with Crippen molar-refractivity contribution < 1.29 is 0 Å². The highest BCUT2D eigenvalue weighted by molar-refractivity contribution is 5.44. The standard InChI is InChI=1S/C15H26N4/c1-4-8-17-14-10-16-11-15(18-14)19(3)13-7-5-6-12(2)9-13/h10-13H,4-9H2,1-3H3,(H,17,18). The quantitative estimate of drug-likeness (QED) is 0.884. The zero-order valence-corrected chi connectivity index (χ0v) is 12.4. The van der Waals surface area contributed by atoms with Crippen LogP contribution in [0, 0.1) is 5.92 Å². The molecule has 0 saturated heterocycles. The summed E-state index contributed by atoms with van der Waals surface area (Å²) in [4.78, 5) is 11.3. The van der Waals surface area contributed by atoms with Crippen LogP contribution < -0.4 is 10.2 Å². The van der Waals surface area contributed by atoms with Crippen LogP contribution in [0.2, 0.25) is 0 Å². The highest BCUT2D eigenvalue weighted by Gasteiger charge is 2.23. The van der Waals surface area contributed by atoms with Crippen molar-refractivity contribution in [3.63, 3.8) is 0 Å². The zero-order valence-electron chi connectivity index (χ0n) is 12.4. The third-order valence-electron chi connectivity index (χ3n) is 4.00. The molecule has 1 N–H and O–H groups in total. The van der Waals surface area contributed by atoms with Crippen LogP contribution in [-0.4, -0.2) is 29.6 Å². The van der Waals surface area contributed by atoms with E-state index in [0.717, 1.165) is 30.5 Å². The van der Waals surface area contributed by atoms with Crippen LogP contribution in [0.5, 0.6) is 0 Å². The third kappa shape index (κ3) is 3.82. The molecule has 19 heavy (non-hydrogen) atoms. The first-order valence-electron chi connectivity index (χ1n) is 7.49. The van der Waals surface area contributed by atoms with Gasteiger partial charge >= 0.3 is 0 Å². The minimum Gasteiger partial charge on any atom is -0.369 e. The summed E-state index contributed by atoms with van der Waals surface area (Å²) in [6.45, 7) is 5.45. The molecule has 2 atom stereocenters. The zero-order chi connectivity index (χ0) is 13.7. The molecule has 1 saturated carbocycles. The van der Waals surface area contributed by atoms with E-state index in [4.69, 9.17) is 0 Å². The van der Waals surface area contributed by atoms with Gasteiger partial charge in [-0.2, -0.15) is 0 Å². The molecule has 1 aromatic heterocycles. The Hall–Kier alpha value is -1.32. The van der Waals surface area contributed by atoms with E-state index < -0.39 is 0 Å². The molecule has 0 aliphatic heterocycles.